The fourth-order valence-corrected chi connectivity index (χ4v) is 3.26. The molecule has 1 aromatic carbocycles. The molecule has 4 rings (SSSR count). The highest BCUT2D eigenvalue weighted by Crippen LogP contribution is 2.36. The second-order valence-electron chi connectivity index (χ2n) is 6.05. The summed E-state index contributed by atoms with van der Waals surface area (Å²) in [6, 6.07) is 8.59. The third kappa shape index (κ3) is 1.98. The molecule has 1 aliphatic carbocycles. The molecule has 21 heavy (non-hydrogen) atoms. The van der Waals surface area contributed by atoms with E-state index in [4.69, 9.17) is 4.42 Å². The van der Waals surface area contributed by atoms with Crippen LogP contribution in [0, 0.1) is 13.8 Å². The van der Waals surface area contributed by atoms with Gasteiger partial charge in [0.1, 0.15) is 11.3 Å². The first kappa shape index (κ1) is 12.6. The summed E-state index contributed by atoms with van der Waals surface area (Å²) in [5.41, 5.74) is 7.06. The van der Waals surface area contributed by atoms with Gasteiger partial charge >= 0.3 is 0 Å². The van der Waals surface area contributed by atoms with Crippen LogP contribution in [0.5, 0.6) is 0 Å². The van der Waals surface area contributed by atoms with E-state index in [-0.39, 0.29) is 0 Å². The van der Waals surface area contributed by atoms with Crippen molar-refractivity contribution in [3.63, 3.8) is 0 Å². The van der Waals surface area contributed by atoms with Gasteiger partial charge in [-0.25, -0.2) is 0 Å². The zero-order valence-corrected chi connectivity index (χ0v) is 12.6. The van der Waals surface area contributed by atoms with Crippen LogP contribution in [0.1, 0.15) is 35.3 Å². The van der Waals surface area contributed by atoms with E-state index in [0.717, 1.165) is 29.7 Å². The Morgan fingerprint density at radius 3 is 2.76 bits per heavy atom. The molecule has 2 heterocycles. The Balaban J connectivity index is 1.96. The molecule has 0 saturated carbocycles. The number of hydrogen-bond acceptors (Lipinski definition) is 2. The summed E-state index contributed by atoms with van der Waals surface area (Å²) in [5.74, 6) is 1.19. The molecular weight excluding hydrogens is 258 g/mol. The molecule has 0 aliphatic heterocycles. The normalized spacial score (nSPS) is 14.4. The number of pyridine rings is 1. The lowest BCUT2D eigenvalue weighted by Gasteiger charge is -2.08. The average Bonchev–Trinajstić information content (AvgIpc) is 2.89. The summed E-state index contributed by atoms with van der Waals surface area (Å²) < 4.78 is 6.21. The van der Waals surface area contributed by atoms with Gasteiger partial charge in [0, 0.05) is 29.1 Å². The van der Waals surface area contributed by atoms with E-state index in [0.29, 0.717) is 0 Å². The van der Waals surface area contributed by atoms with Crippen molar-refractivity contribution < 1.29 is 4.42 Å². The van der Waals surface area contributed by atoms with E-state index in [2.05, 4.69) is 43.1 Å². The van der Waals surface area contributed by atoms with Crippen LogP contribution in [-0.2, 0) is 12.8 Å². The van der Waals surface area contributed by atoms with E-state index in [1.807, 2.05) is 6.20 Å². The van der Waals surface area contributed by atoms with E-state index in [1.165, 1.54) is 40.7 Å². The van der Waals surface area contributed by atoms with Crippen molar-refractivity contribution in [2.75, 3.05) is 0 Å². The minimum Gasteiger partial charge on any atom is -0.460 e. The van der Waals surface area contributed by atoms with Gasteiger partial charge in [-0.1, -0.05) is 12.1 Å². The lowest BCUT2D eigenvalue weighted by atomic mass is 9.95. The van der Waals surface area contributed by atoms with Crippen LogP contribution in [0.3, 0.4) is 0 Å². The second kappa shape index (κ2) is 4.73. The number of fused-ring (bicyclic) bond motifs is 3. The summed E-state index contributed by atoms with van der Waals surface area (Å²) >= 11 is 0. The lowest BCUT2D eigenvalue weighted by molar-refractivity contribution is 0.506. The Kier molecular flexibility index (Phi) is 2.85. The number of furan rings is 1. The van der Waals surface area contributed by atoms with Crippen molar-refractivity contribution in [1.29, 1.82) is 0 Å². The van der Waals surface area contributed by atoms with Gasteiger partial charge in [0.2, 0.25) is 0 Å². The van der Waals surface area contributed by atoms with Gasteiger partial charge in [0.05, 0.1) is 5.69 Å². The first-order valence-electron chi connectivity index (χ1n) is 7.71. The Morgan fingerprint density at radius 1 is 1.05 bits per heavy atom. The van der Waals surface area contributed by atoms with Gasteiger partial charge < -0.3 is 4.42 Å². The number of rotatable bonds is 1. The molecule has 0 unspecified atom stereocenters. The van der Waals surface area contributed by atoms with Crippen LogP contribution in [0.15, 0.2) is 34.9 Å². The van der Waals surface area contributed by atoms with Crippen LogP contribution in [-0.4, -0.2) is 4.98 Å². The van der Waals surface area contributed by atoms with Crippen molar-refractivity contribution >= 4 is 11.0 Å². The van der Waals surface area contributed by atoms with Crippen LogP contribution < -0.4 is 0 Å². The van der Waals surface area contributed by atoms with Gasteiger partial charge in [-0.15, -0.1) is 0 Å². The van der Waals surface area contributed by atoms with Crippen molar-refractivity contribution in [1.82, 2.24) is 4.98 Å². The van der Waals surface area contributed by atoms with E-state index < -0.39 is 0 Å². The molecule has 3 aromatic rings. The number of benzene rings is 1. The van der Waals surface area contributed by atoms with Crippen molar-refractivity contribution in [2.24, 2.45) is 0 Å². The highest BCUT2D eigenvalue weighted by atomic mass is 16.3. The molecule has 0 atom stereocenters. The molecule has 2 heteroatoms. The molecule has 106 valence electrons. The maximum absolute atomic E-state index is 6.21. The van der Waals surface area contributed by atoms with Crippen LogP contribution in [0.4, 0.5) is 0 Å². The third-order valence-electron chi connectivity index (χ3n) is 4.63. The number of aryl methyl sites for hydroxylation is 4. The van der Waals surface area contributed by atoms with Crippen LogP contribution in [0.2, 0.25) is 0 Å². The van der Waals surface area contributed by atoms with Gasteiger partial charge in [-0.3, -0.25) is 4.98 Å². The highest BCUT2D eigenvalue weighted by molar-refractivity contribution is 5.94. The zero-order valence-electron chi connectivity index (χ0n) is 12.6. The maximum Gasteiger partial charge on any atom is 0.143 e. The third-order valence-corrected chi connectivity index (χ3v) is 4.63. The molecule has 0 bridgehead atoms. The Morgan fingerprint density at radius 2 is 1.90 bits per heavy atom. The number of aromatic nitrogens is 1. The molecule has 2 aromatic heterocycles. The maximum atomic E-state index is 6.21. The monoisotopic (exact) mass is 277 g/mol. The fourth-order valence-electron chi connectivity index (χ4n) is 3.26. The molecule has 0 fully saturated rings. The van der Waals surface area contributed by atoms with Gasteiger partial charge in [-0.05, 0) is 56.4 Å². The van der Waals surface area contributed by atoms with E-state index in [9.17, 15) is 0 Å². The number of nitrogens with zero attached hydrogens (tertiary/aromatic N) is 1. The zero-order chi connectivity index (χ0) is 14.4. The van der Waals surface area contributed by atoms with Crippen LogP contribution in [0.25, 0.3) is 22.2 Å². The highest BCUT2D eigenvalue weighted by Gasteiger charge is 2.20. The molecule has 0 radical (unpaired) electrons. The minimum absolute atomic E-state index is 1.01. The first-order chi connectivity index (χ1) is 10.2. The predicted octanol–water partition coefficient (Wildman–Crippen LogP) is 4.99. The minimum atomic E-state index is 1.01. The van der Waals surface area contributed by atoms with E-state index >= 15 is 0 Å². The molecule has 2 nitrogen and oxygen atoms in total. The number of para-hydroxylation sites is 1. The summed E-state index contributed by atoms with van der Waals surface area (Å²) in [7, 11) is 0. The standard InChI is InChI=1S/C19H19NO/c1-12-10-17(20-11-13(12)2)16-8-5-7-15-14-6-3-4-9-18(14)21-19(15)16/h5,7-8,10-11H,3-4,6,9H2,1-2H3. The Bertz CT molecular complexity index is 829. The smallest absolute Gasteiger partial charge is 0.143 e. The molecule has 0 spiro atoms. The summed E-state index contributed by atoms with van der Waals surface area (Å²) in [6.07, 6.45) is 6.68. The summed E-state index contributed by atoms with van der Waals surface area (Å²) in [6.45, 7) is 4.23. The van der Waals surface area contributed by atoms with Crippen molar-refractivity contribution in [3.05, 3.63) is 52.9 Å². The predicted molar refractivity (Wildman–Crippen MR) is 85.6 cm³/mol. The van der Waals surface area contributed by atoms with Crippen molar-refractivity contribution in [2.45, 2.75) is 39.5 Å². The number of hydrogen-bond donors (Lipinski definition) is 0. The Labute approximate surface area is 124 Å². The molecule has 1 aliphatic rings. The second-order valence-corrected chi connectivity index (χ2v) is 6.05. The molecule has 0 amide bonds. The van der Waals surface area contributed by atoms with E-state index in [1.54, 1.807) is 0 Å². The summed E-state index contributed by atoms with van der Waals surface area (Å²) in [5, 5.41) is 1.28. The van der Waals surface area contributed by atoms with Crippen LogP contribution >= 0.6 is 0 Å². The Hall–Kier alpha value is -2.09. The van der Waals surface area contributed by atoms with Gasteiger partial charge in [-0.2, -0.15) is 0 Å². The van der Waals surface area contributed by atoms with Gasteiger partial charge in [0.25, 0.3) is 0 Å². The quantitative estimate of drug-likeness (QED) is 0.626. The SMILES string of the molecule is Cc1cnc(-c2cccc3c4c(oc23)CCCC4)cc1C. The first-order valence-corrected chi connectivity index (χ1v) is 7.71. The topological polar surface area (TPSA) is 26.0 Å². The lowest BCUT2D eigenvalue weighted by Crippen LogP contribution is -1.98. The fraction of sp³-hybridized carbons (Fsp3) is 0.316. The largest absolute Gasteiger partial charge is 0.460 e. The summed E-state index contributed by atoms with van der Waals surface area (Å²) in [4.78, 5) is 4.61. The molecular formula is C19H19NO. The van der Waals surface area contributed by atoms with Gasteiger partial charge in [0.15, 0.2) is 0 Å². The molecule has 0 N–H and O–H groups in total. The molecule has 0 saturated heterocycles. The van der Waals surface area contributed by atoms with Crippen molar-refractivity contribution in [3.8, 4) is 11.3 Å². The average molecular weight is 277 g/mol.